The van der Waals surface area contributed by atoms with Gasteiger partial charge in [-0.1, -0.05) is 6.07 Å². The van der Waals surface area contributed by atoms with Gasteiger partial charge >= 0.3 is 5.63 Å². The Bertz CT molecular complexity index is 907. The highest BCUT2D eigenvalue weighted by Gasteiger charge is 2.04. The zero-order valence-corrected chi connectivity index (χ0v) is 13.3. The van der Waals surface area contributed by atoms with Gasteiger partial charge in [0.15, 0.2) is 5.11 Å². The van der Waals surface area contributed by atoms with Crippen LogP contribution < -0.4 is 16.3 Å². The number of nitrogens with zero attached hydrogens (tertiary/aromatic N) is 1. The fourth-order valence-corrected chi connectivity index (χ4v) is 2.45. The zero-order valence-electron chi connectivity index (χ0n) is 12.5. The van der Waals surface area contributed by atoms with Crippen molar-refractivity contribution in [1.82, 2.24) is 10.3 Å². The van der Waals surface area contributed by atoms with E-state index < -0.39 is 0 Å². The summed E-state index contributed by atoms with van der Waals surface area (Å²) in [4.78, 5) is 15.5. The second-order valence-corrected chi connectivity index (χ2v) is 5.54. The van der Waals surface area contributed by atoms with Crippen LogP contribution in [-0.4, -0.2) is 10.1 Å². The van der Waals surface area contributed by atoms with Gasteiger partial charge in [-0.3, -0.25) is 4.98 Å². The number of aromatic nitrogens is 1. The third-order valence-electron chi connectivity index (χ3n) is 3.39. The monoisotopic (exact) mass is 325 g/mol. The minimum atomic E-state index is -0.357. The van der Waals surface area contributed by atoms with Crippen LogP contribution in [0.1, 0.15) is 11.1 Å². The van der Waals surface area contributed by atoms with Crippen LogP contribution >= 0.6 is 12.2 Å². The molecule has 0 amide bonds. The van der Waals surface area contributed by atoms with Crippen LogP contribution in [0.25, 0.3) is 11.0 Å². The van der Waals surface area contributed by atoms with E-state index in [-0.39, 0.29) is 5.63 Å². The maximum atomic E-state index is 11.5. The first-order valence-electron chi connectivity index (χ1n) is 7.10. The molecule has 2 aromatic heterocycles. The predicted octanol–water partition coefficient (Wildman–Crippen LogP) is 2.98. The zero-order chi connectivity index (χ0) is 16.2. The molecule has 2 heterocycles. The van der Waals surface area contributed by atoms with Gasteiger partial charge in [-0.25, -0.2) is 4.79 Å². The van der Waals surface area contributed by atoms with Crippen LogP contribution in [0.15, 0.2) is 58.0 Å². The van der Waals surface area contributed by atoms with Gasteiger partial charge in [-0.2, -0.15) is 0 Å². The topological polar surface area (TPSA) is 67.2 Å². The maximum absolute atomic E-state index is 11.5. The molecule has 1 aromatic carbocycles. The molecule has 23 heavy (non-hydrogen) atoms. The highest BCUT2D eigenvalue weighted by molar-refractivity contribution is 7.80. The normalized spacial score (nSPS) is 10.5. The number of benzene rings is 1. The molecule has 0 saturated carbocycles. The second-order valence-electron chi connectivity index (χ2n) is 5.13. The van der Waals surface area contributed by atoms with Crippen LogP contribution in [0.3, 0.4) is 0 Å². The Labute approximate surface area is 138 Å². The number of nitrogens with one attached hydrogen (secondary N) is 2. The van der Waals surface area contributed by atoms with Gasteiger partial charge in [-0.15, -0.1) is 0 Å². The number of fused-ring (bicyclic) bond motifs is 1. The fourth-order valence-electron chi connectivity index (χ4n) is 2.26. The van der Waals surface area contributed by atoms with E-state index in [0.29, 0.717) is 17.2 Å². The molecule has 116 valence electrons. The molecule has 5 nitrogen and oxygen atoms in total. The van der Waals surface area contributed by atoms with E-state index in [1.165, 1.54) is 6.07 Å². The largest absolute Gasteiger partial charge is 0.423 e. The van der Waals surface area contributed by atoms with Crippen LogP contribution in [0.2, 0.25) is 0 Å². The third-order valence-corrected chi connectivity index (χ3v) is 3.63. The van der Waals surface area contributed by atoms with Crippen molar-refractivity contribution in [2.75, 3.05) is 5.32 Å². The molecule has 0 aliphatic carbocycles. The average Bonchev–Trinajstić information content (AvgIpc) is 2.53. The molecule has 0 fully saturated rings. The molecule has 2 N–H and O–H groups in total. The van der Waals surface area contributed by atoms with Crippen molar-refractivity contribution in [2.45, 2.75) is 13.5 Å². The minimum Gasteiger partial charge on any atom is -0.423 e. The van der Waals surface area contributed by atoms with E-state index in [9.17, 15) is 4.79 Å². The Hall–Kier alpha value is -2.73. The number of hydrogen-bond acceptors (Lipinski definition) is 4. The standard InChI is InChI=1S/C17H15N3O2S/c1-11-7-16(21)22-15-8-13(4-5-14(11)15)20-17(23)19-10-12-3-2-6-18-9-12/h2-9H,10H2,1H3,(H2,19,20,23). The molecule has 3 aromatic rings. The van der Waals surface area contributed by atoms with Gasteiger partial charge in [0.05, 0.1) is 0 Å². The van der Waals surface area contributed by atoms with Crippen LogP contribution in [0, 0.1) is 6.92 Å². The summed E-state index contributed by atoms with van der Waals surface area (Å²) >= 11 is 5.27. The summed E-state index contributed by atoms with van der Waals surface area (Å²) in [7, 11) is 0. The van der Waals surface area contributed by atoms with E-state index in [4.69, 9.17) is 16.6 Å². The fraction of sp³-hybridized carbons (Fsp3) is 0.118. The second kappa shape index (κ2) is 6.58. The van der Waals surface area contributed by atoms with E-state index in [1.807, 2.05) is 31.2 Å². The first-order chi connectivity index (χ1) is 11.1. The molecule has 0 aliphatic heterocycles. The number of rotatable bonds is 3. The van der Waals surface area contributed by atoms with Gasteiger partial charge in [0.25, 0.3) is 0 Å². The molecular formula is C17H15N3O2S. The predicted molar refractivity (Wildman–Crippen MR) is 94.5 cm³/mol. The number of aryl methyl sites for hydroxylation is 1. The molecule has 3 rings (SSSR count). The Morgan fingerprint density at radius 1 is 1.30 bits per heavy atom. The lowest BCUT2D eigenvalue weighted by Crippen LogP contribution is -2.27. The summed E-state index contributed by atoms with van der Waals surface area (Å²) in [6.45, 7) is 2.47. The average molecular weight is 325 g/mol. The van der Waals surface area contributed by atoms with Gasteiger partial charge < -0.3 is 15.1 Å². The van der Waals surface area contributed by atoms with Crippen molar-refractivity contribution >= 4 is 34.0 Å². The Balaban J connectivity index is 1.71. The van der Waals surface area contributed by atoms with Gasteiger partial charge in [0.2, 0.25) is 0 Å². The van der Waals surface area contributed by atoms with E-state index in [0.717, 1.165) is 22.2 Å². The Morgan fingerprint density at radius 2 is 2.17 bits per heavy atom. The lowest BCUT2D eigenvalue weighted by molar-refractivity contribution is 0.560. The van der Waals surface area contributed by atoms with Crippen LogP contribution in [0.4, 0.5) is 5.69 Å². The van der Waals surface area contributed by atoms with Crippen molar-refractivity contribution in [2.24, 2.45) is 0 Å². The van der Waals surface area contributed by atoms with E-state index in [1.54, 1.807) is 18.5 Å². The smallest absolute Gasteiger partial charge is 0.336 e. The lowest BCUT2D eigenvalue weighted by atomic mass is 10.1. The molecule has 0 radical (unpaired) electrons. The molecule has 0 aliphatic rings. The molecule has 0 saturated heterocycles. The third kappa shape index (κ3) is 3.73. The summed E-state index contributed by atoms with van der Waals surface area (Å²) in [6.07, 6.45) is 3.51. The first-order valence-corrected chi connectivity index (χ1v) is 7.51. The Morgan fingerprint density at radius 3 is 2.96 bits per heavy atom. The lowest BCUT2D eigenvalue weighted by Gasteiger charge is -2.11. The van der Waals surface area contributed by atoms with E-state index >= 15 is 0 Å². The number of pyridine rings is 1. The highest BCUT2D eigenvalue weighted by atomic mass is 32.1. The van der Waals surface area contributed by atoms with Gasteiger partial charge in [0.1, 0.15) is 5.58 Å². The number of thiocarbonyl (C=S) groups is 1. The summed E-state index contributed by atoms with van der Waals surface area (Å²) in [5.41, 5.74) is 2.87. The van der Waals surface area contributed by atoms with Crippen molar-refractivity contribution in [3.05, 3.63) is 70.3 Å². The SMILES string of the molecule is Cc1cc(=O)oc2cc(NC(=S)NCc3cccnc3)ccc12. The summed E-state index contributed by atoms with van der Waals surface area (Å²) in [6, 6.07) is 10.9. The van der Waals surface area contributed by atoms with Gasteiger partial charge in [-0.05, 0) is 48.5 Å². The number of anilines is 1. The minimum absolute atomic E-state index is 0.357. The molecule has 0 unspecified atom stereocenters. The number of hydrogen-bond donors (Lipinski definition) is 2. The van der Waals surface area contributed by atoms with Crippen LogP contribution in [0.5, 0.6) is 0 Å². The quantitative estimate of drug-likeness (QED) is 0.570. The molecule has 0 bridgehead atoms. The van der Waals surface area contributed by atoms with Crippen molar-refractivity contribution in [1.29, 1.82) is 0 Å². The molecule has 0 atom stereocenters. The highest BCUT2D eigenvalue weighted by Crippen LogP contribution is 2.20. The summed E-state index contributed by atoms with van der Waals surface area (Å²) in [5.74, 6) is 0. The first kappa shape index (κ1) is 15.2. The van der Waals surface area contributed by atoms with Crippen molar-refractivity contribution in [3.8, 4) is 0 Å². The Kier molecular flexibility index (Phi) is 4.34. The van der Waals surface area contributed by atoms with Gasteiger partial charge in [0, 0.05) is 42.1 Å². The summed E-state index contributed by atoms with van der Waals surface area (Å²) < 4.78 is 5.23. The maximum Gasteiger partial charge on any atom is 0.336 e. The molecule has 0 spiro atoms. The summed E-state index contributed by atoms with van der Waals surface area (Å²) in [5, 5.41) is 7.58. The van der Waals surface area contributed by atoms with Crippen LogP contribution in [-0.2, 0) is 6.54 Å². The van der Waals surface area contributed by atoms with Crippen molar-refractivity contribution < 1.29 is 4.42 Å². The van der Waals surface area contributed by atoms with E-state index in [2.05, 4.69) is 15.6 Å². The molecule has 6 heteroatoms. The van der Waals surface area contributed by atoms with Crippen molar-refractivity contribution in [3.63, 3.8) is 0 Å². The molecular weight excluding hydrogens is 310 g/mol.